The number of aliphatic hydroxyl groups excluding tert-OH is 1. The second-order valence-corrected chi connectivity index (χ2v) is 13.1. The van der Waals surface area contributed by atoms with Crippen LogP contribution < -0.4 is 0 Å². The summed E-state index contributed by atoms with van der Waals surface area (Å²) >= 11 is 0. The number of aliphatic hydroxyl groups is 6. The number of hydrogen-bond donors (Lipinski definition) is 6. The van der Waals surface area contributed by atoms with Crippen molar-refractivity contribution < 1.29 is 30.6 Å². The molecule has 5 aromatic carbocycles. The molecule has 4 unspecified atom stereocenters. The van der Waals surface area contributed by atoms with Crippen molar-refractivity contribution in [1.29, 1.82) is 0 Å². The summed E-state index contributed by atoms with van der Waals surface area (Å²) in [6.45, 7) is 0. The minimum atomic E-state index is -2.64. The van der Waals surface area contributed by atoms with Crippen LogP contribution in [0.1, 0.15) is 27.8 Å². The van der Waals surface area contributed by atoms with Crippen molar-refractivity contribution in [3.8, 4) is 0 Å². The Labute approximate surface area is 275 Å². The molecule has 1 saturated carbocycles. The summed E-state index contributed by atoms with van der Waals surface area (Å²) in [4.78, 5) is 0. The van der Waals surface area contributed by atoms with Crippen molar-refractivity contribution in [2.24, 2.45) is 0 Å². The van der Waals surface area contributed by atoms with Crippen LogP contribution in [0.25, 0.3) is 0 Å². The van der Waals surface area contributed by atoms with Gasteiger partial charge in [0.1, 0.15) is 34.1 Å². The van der Waals surface area contributed by atoms with Gasteiger partial charge in [-0.2, -0.15) is 0 Å². The van der Waals surface area contributed by atoms with Crippen molar-refractivity contribution in [3.63, 3.8) is 0 Å². The smallest absolute Gasteiger partial charge is 0.132 e. The third kappa shape index (κ3) is 5.61. The normalized spacial score (nSPS) is 30.6. The van der Waals surface area contributed by atoms with E-state index in [0.717, 1.165) is 0 Å². The Kier molecular flexibility index (Phi) is 8.94. The Morgan fingerprint density at radius 2 is 0.532 bits per heavy atom. The van der Waals surface area contributed by atoms with Crippen LogP contribution in [-0.4, -0.2) is 64.7 Å². The van der Waals surface area contributed by atoms with E-state index < -0.39 is 34.1 Å². The molecule has 1 aliphatic rings. The largest absolute Gasteiger partial charge is 0.387 e. The molecule has 6 rings (SSSR count). The van der Waals surface area contributed by atoms with Gasteiger partial charge in [0, 0.05) is 32.1 Å². The van der Waals surface area contributed by atoms with Crippen LogP contribution >= 0.6 is 0 Å². The van der Waals surface area contributed by atoms with E-state index in [9.17, 15) is 30.6 Å². The molecule has 0 bridgehead atoms. The summed E-state index contributed by atoms with van der Waals surface area (Å²) in [5.74, 6) is 0. The molecule has 4 atom stereocenters. The van der Waals surface area contributed by atoms with Crippen molar-refractivity contribution >= 4 is 0 Å². The molecule has 0 saturated heterocycles. The van der Waals surface area contributed by atoms with Crippen LogP contribution in [0.15, 0.2) is 152 Å². The molecule has 0 spiro atoms. The zero-order valence-corrected chi connectivity index (χ0v) is 26.2. The number of hydrogen-bond acceptors (Lipinski definition) is 6. The van der Waals surface area contributed by atoms with Crippen LogP contribution in [0.5, 0.6) is 0 Å². The first-order valence-corrected chi connectivity index (χ1v) is 16.0. The zero-order valence-electron chi connectivity index (χ0n) is 26.2. The van der Waals surface area contributed by atoms with E-state index in [1.165, 1.54) is 0 Å². The molecule has 0 amide bonds. The summed E-state index contributed by atoms with van der Waals surface area (Å²) in [7, 11) is 0. The lowest BCUT2D eigenvalue weighted by atomic mass is 9.44. The van der Waals surface area contributed by atoms with Crippen LogP contribution in [0.2, 0.25) is 0 Å². The van der Waals surface area contributed by atoms with E-state index in [-0.39, 0.29) is 32.1 Å². The highest BCUT2D eigenvalue weighted by molar-refractivity contribution is 5.42. The fourth-order valence-electron chi connectivity index (χ4n) is 7.77. The molecule has 0 aliphatic heterocycles. The average molecular weight is 631 g/mol. The van der Waals surface area contributed by atoms with E-state index in [0.29, 0.717) is 27.8 Å². The summed E-state index contributed by atoms with van der Waals surface area (Å²) in [5.41, 5.74) is -10.2. The summed E-state index contributed by atoms with van der Waals surface area (Å²) in [6, 6.07) is 44.5. The van der Waals surface area contributed by atoms with E-state index in [1.807, 2.05) is 30.3 Å². The maximum absolute atomic E-state index is 13.5. The molecular weight excluding hydrogens is 588 g/mol. The summed E-state index contributed by atoms with van der Waals surface area (Å²) in [6.07, 6.45) is -3.80. The molecule has 6 N–H and O–H groups in total. The molecule has 1 aliphatic carbocycles. The molecule has 0 aromatic heterocycles. The third-order valence-corrected chi connectivity index (χ3v) is 10.2. The first-order chi connectivity index (χ1) is 22.5. The highest BCUT2D eigenvalue weighted by atomic mass is 16.5. The Balaban J connectivity index is 1.67. The third-order valence-electron chi connectivity index (χ3n) is 10.2. The molecular formula is C41H42O6. The predicted molar refractivity (Wildman–Crippen MR) is 181 cm³/mol. The fourth-order valence-corrected chi connectivity index (χ4v) is 7.77. The van der Waals surface area contributed by atoms with E-state index in [2.05, 4.69) is 0 Å². The molecule has 0 heterocycles. The van der Waals surface area contributed by atoms with E-state index >= 15 is 0 Å². The molecule has 5 aromatic rings. The van der Waals surface area contributed by atoms with E-state index in [1.54, 1.807) is 121 Å². The lowest BCUT2D eigenvalue weighted by Gasteiger charge is -2.69. The minimum Gasteiger partial charge on any atom is -0.387 e. The van der Waals surface area contributed by atoms with Gasteiger partial charge in [0.2, 0.25) is 0 Å². The Morgan fingerprint density at radius 1 is 0.319 bits per heavy atom. The van der Waals surface area contributed by atoms with Gasteiger partial charge < -0.3 is 30.6 Å². The van der Waals surface area contributed by atoms with Gasteiger partial charge in [0.15, 0.2) is 0 Å². The SMILES string of the molecule is OC1C(O)(Cc2ccccc2)C(O)(Cc2ccccc2)C(O)(Cc2ccccc2)C(O)(Cc2ccccc2)C1(O)Cc1ccccc1. The maximum Gasteiger partial charge on any atom is 0.132 e. The van der Waals surface area contributed by atoms with Crippen LogP contribution in [0.4, 0.5) is 0 Å². The van der Waals surface area contributed by atoms with Crippen molar-refractivity contribution in [1.82, 2.24) is 0 Å². The molecule has 242 valence electrons. The van der Waals surface area contributed by atoms with Gasteiger partial charge in [0.05, 0.1) is 0 Å². The Hall–Kier alpha value is -4.14. The van der Waals surface area contributed by atoms with Gasteiger partial charge in [-0.3, -0.25) is 0 Å². The second kappa shape index (κ2) is 12.8. The van der Waals surface area contributed by atoms with Gasteiger partial charge in [-0.1, -0.05) is 152 Å². The monoisotopic (exact) mass is 630 g/mol. The molecule has 6 nitrogen and oxygen atoms in total. The fraction of sp³-hybridized carbons (Fsp3) is 0.268. The predicted octanol–water partition coefficient (Wildman–Crippen LogP) is 4.23. The first-order valence-electron chi connectivity index (χ1n) is 16.0. The number of benzene rings is 5. The summed E-state index contributed by atoms with van der Waals surface area (Å²) < 4.78 is 0. The lowest BCUT2D eigenvalue weighted by Crippen LogP contribution is -2.93. The zero-order chi connectivity index (χ0) is 33.2. The molecule has 0 radical (unpaired) electrons. The second-order valence-electron chi connectivity index (χ2n) is 13.1. The first kappa shape index (κ1) is 32.8. The maximum atomic E-state index is 13.5. The highest BCUT2D eigenvalue weighted by Crippen LogP contribution is 2.59. The van der Waals surface area contributed by atoms with Crippen LogP contribution in [0.3, 0.4) is 0 Å². The van der Waals surface area contributed by atoms with Crippen LogP contribution in [0, 0.1) is 0 Å². The molecule has 47 heavy (non-hydrogen) atoms. The molecule has 6 heteroatoms. The van der Waals surface area contributed by atoms with Gasteiger partial charge in [-0.15, -0.1) is 0 Å². The van der Waals surface area contributed by atoms with Crippen LogP contribution in [-0.2, 0) is 32.1 Å². The van der Waals surface area contributed by atoms with Gasteiger partial charge >= 0.3 is 0 Å². The Morgan fingerprint density at radius 3 is 0.787 bits per heavy atom. The lowest BCUT2D eigenvalue weighted by molar-refractivity contribution is -0.408. The van der Waals surface area contributed by atoms with Crippen molar-refractivity contribution in [3.05, 3.63) is 179 Å². The van der Waals surface area contributed by atoms with E-state index in [4.69, 9.17) is 0 Å². The topological polar surface area (TPSA) is 121 Å². The van der Waals surface area contributed by atoms with Crippen molar-refractivity contribution in [2.45, 2.75) is 66.2 Å². The standard InChI is InChI=1S/C41H42O6/c42-36-37(43,26-31-16-6-1-7-17-31)39(45,28-33-20-10-3-11-21-33)41(47,30-35-24-14-5-15-25-35)40(46,29-34-22-12-4-13-23-34)38(36,44)27-32-18-8-2-9-19-32/h1-25,36,42-47H,26-30H2. The van der Waals surface area contributed by atoms with Gasteiger partial charge in [-0.25, -0.2) is 0 Å². The summed E-state index contributed by atoms with van der Waals surface area (Å²) in [5, 5.41) is 78.9. The quantitative estimate of drug-likeness (QED) is 0.137. The highest BCUT2D eigenvalue weighted by Gasteiger charge is 2.82. The molecule has 1 fully saturated rings. The van der Waals surface area contributed by atoms with Gasteiger partial charge in [0.25, 0.3) is 0 Å². The Bertz CT molecular complexity index is 1630. The number of rotatable bonds is 10. The minimum absolute atomic E-state index is 0.325. The van der Waals surface area contributed by atoms with Gasteiger partial charge in [-0.05, 0) is 27.8 Å². The van der Waals surface area contributed by atoms with Crippen molar-refractivity contribution in [2.75, 3.05) is 0 Å². The average Bonchev–Trinajstić information content (AvgIpc) is 3.09.